The van der Waals surface area contributed by atoms with E-state index in [0.29, 0.717) is 0 Å². The molecule has 0 radical (unpaired) electrons. The molecule has 2 atom stereocenters. The number of aryl methyl sites for hydroxylation is 10. The zero-order valence-corrected chi connectivity index (χ0v) is 68.3. The second-order valence-electron chi connectivity index (χ2n) is 33.9. The second kappa shape index (κ2) is 27.2. The highest BCUT2D eigenvalue weighted by Gasteiger charge is 2.54. The van der Waals surface area contributed by atoms with Crippen molar-refractivity contribution in [3.63, 3.8) is 0 Å². The summed E-state index contributed by atoms with van der Waals surface area (Å²) in [5.74, 6) is 1.37. The largest absolute Gasteiger partial charge is 0.458 e. The maximum atomic E-state index is 8.26. The highest BCUT2D eigenvalue weighted by molar-refractivity contribution is 7.02. The summed E-state index contributed by atoms with van der Waals surface area (Å²) in [6, 6.07) is 123. The molecule has 6 heteroatoms. The summed E-state index contributed by atoms with van der Waals surface area (Å²) >= 11 is 0. The van der Waals surface area contributed by atoms with Crippen molar-refractivity contribution in [1.82, 2.24) is 4.57 Å². The van der Waals surface area contributed by atoms with Crippen molar-refractivity contribution in [3.05, 3.63) is 418 Å². The van der Waals surface area contributed by atoms with Gasteiger partial charge in [-0.2, -0.15) is 0 Å². The number of nitrogens with zero attached hydrogens (tertiary/aromatic N) is 3. The number of rotatable bonds is 11. The van der Waals surface area contributed by atoms with Gasteiger partial charge in [-0.05, 0) is 315 Å². The van der Waals surface area contributed by atoms with Crippen molar-refractivity contribution in [3.8, 4) is 72.8 Å². The van der Waals surface area contributed by atoms with E-state index in [2.05, 4.69) is 423 Å². The van der Waals surface area contributed by atoms with Crippen LogP contribution in [0.4, 0.5) is 34.1 Å². The van der Waals surface area contributed by atoms with E-state index < -0.39 is 5.41 Å². The highest BCUT2D eigenvalue weighted by atomic mass is 16.5. The second-order valence-corrected chi connectivity index (χ2v) is 33.9. The molecule has 0 saturated carbocycles. The van der Waals surface area contributed by atoms with E-state index in [9.17, 15) is 0 Å². The lowest BCUT2D eigenvalue weighted by Crippen LogP contribution is -2.65. The van der Waals surface area contributed by atoms with E-state index in [0.717, 1.165) is 67.6 Å². The van der Waals surface area contributed by atoms with Crippen LogP contribution in [0.15, 0.2) is 340 Å². The number of fused-ring (bicyclic) bond motifs is 11. The van der Waals surface area contributed by atoms with Gasteiger partial charge in [0.05, 0.1) is 16.7 Å². The number of para-hydroxylation sites is 2. The number of ether oxygens (including phenoxy) is 1. The molecule has 0 bridgehead atoms. The molecule has 118 heavy (non-hydrogen) atoms. The lowest BCUT2D eigenvalue weighted by Gasteiger charge is -2.49. The Balaban J connectivity index is 0.852. The minimum absolute atomic E-state index is 0.252. The monoisotopic (exact) mass is 1510 g/mol. The lowest BCUT2D eigenvalue weighted by atomic mass is 9.28. The van der Waals surface area contributed by atoms with Crippen LogP contribution in [-0.2, 0) is 5.41 Å². The van der Waals surface area contributed by atoms with Crippen LogP contribution in [0.2, 0.25) is 0 Å². The van der Waals surface area contributed by atoms with Gasteiger partial charge in [0.2, 0.25) is 6.71 Å². The molecule has 17 aromatic rings. The van der Waals surface area contributed by atoms with E-state index >= 15 is 0 Å². The van der Waals surface area contributed by atoms with Crippen LogP contribution >= 0.6 is 0 Å². The Morgan fingerprint density at radius 1 is 0.288 bits per heavy atom. The van der Waals surface area contributed by atoms with Crippen molar-refractivity contribution in [2.45, 2.75) is 80.6 Å². The predicted octanol–water partition coefficient (Wildman–Crippen LogP) is 24.9. The minimum Gasteiger partial charge on any atom is -0.458 e. The summed E-state index contributed by atoms with van der Waals surface area (Å²) < 4.78 is 10.8. The zero-order chi connectivity index (χ0) is 79.7. The zero-order valence-electron chi connectivity index (χ0n) is 68.3. The molecule has 5 heterocycles. The maximum absolute atomic E-state index is 8.26. The molecule has 4 nitrogen and oxygen atoms in total. The van der Waals surface area contributed by atoms with Crippen LogP contribution in [0.3, 0.4) is 0 Å². The van der Waals surface area contributed by atoms with Crippen molar-refractivity contribution in [2.24, 2.45) is 0 Å². The molecule has 0 saturated heterocycles. The number of hydrogen-bond donors (Lipinski definition) is 0. The van der Waals surface area contributed by atoms with Gasteiger partial charge in [0.25, 0.3) is 6.71 Å². The quantitative estimate of drug-likeness (QED) is 0.120. The Hall–Kier alpha value is -13.7. The van der Waals surface area contributed by atoms with E-state index in [1.807, 2.05) is 0 Å². The molecular formula is C112H87B2N3O. The number of benzene rings is 16. The Labute approximate surface area is 693 Å². The average molecular weight is 1510 g/mol. The average Bonchev–Trinajstić information content (AvgIpc) is 0.960. The maximum Gasteiger partial charge on any atom is 0.256 e. The molecule has 4 aliphatic heterocycles. The fourth-order valence-electron chi connectivity index (χ4n) is 22.1. The van der Waals surface area contributed by atoms with Crippen molar-refractivity contribution < 1.29 is 4.74 Å². The highest BCUT2D eigenvalue weighted by Crippen LogP contribution is 2.59. The molecule has 22 rings (SSSR count). The first kappa shape index (κ1) is 70.9. The normalized spacial score (nSPS) is 15.2. The summed E-state index contributed by atoms with van der Waals surface area (Å²) in [6.45, 7) is 22.1. The third-order valence-corrected chi connectivity index (χ3v) is 27.0. The Morgan fingerprint density at radius 2 is 0.746 bits per heavy atom. The molecule has 16 aromatic carbocycles. The number of aromatic nitrogens is 1. The van der Waals surface area contributed by atoms with Crippen molar-refractivity contribution in [2.75, 3.05) is 9.80 Å². The van der Waals surface area contributed by atoms with Crippen LogP contribution in [0.5, 0.6) is 11.5 Å². The topological polar surface area (TPSA) is 20.6 Å². The molecular weight excluding hydrogens is 1420 g/mol. The van der Waals surface area contributed by atoms with Gasteiger partial charge in [-0.15, -0.1) is 0 Å². The molecule has 562 valence electrons. The molecule has 0 N–H and O–H groups in total. The van der Waals surface area contributed by atoms with E-state index in [-0.39, 0.29) is 19.3 Å². The SMILES string of the molecule is Cc1cccc(C)c1-c1ccc(N2c3ccc(-c4c(C)cccc4C)cc3B3c4cc5c(cc4C(C4(c6ccccc6)C=CC=C4c4ccccc4)c4cc(-c6c(C)cccc6C)cc2c43)Oc2cc(-n3c4ccc(-c6c(C)cccc6C)cc4c4cc(-c6c(C)cccc6C)ccc43)cc3c2B5c2ccccc2N3c2ccccc2)cc1. The van der Waals surface area contributed by atoms with Gasteiger partial charge in [0.15, 0.2) is 0 Å². The Morgan fingerprint density at radius 3 is 1.31 bits per heavy atom. The lowest BCUT2D eigenvalue weighted by molar-refractivity contribution is 0.485. The molecule has 0 fully saturated rings. The van der Waals surface area contributed by atoms with Crippen LogP contribution in [0.25, 0.3) is 88.7 Å². The Bertz CT molecular complexity index is 6960. The summed E-state index contributed by atoms with van der Waals surface area (Å²) in [5.41, 5.74) is 47.8. The van der Waals surface area contributed by atoms with Crippen molar-refractivity contribution in [1.29, 1.82) is 0 Å². The fraction of sp³-hybridized carbons (Fsp3) is 0.107. The number of hydrogen-bond acceptors (Lipinski definition) is 3. The first-order chi connectivity index (χ1) is 57.7. The third-order valence-electron chi connectivity index (χ3n) is 27.0. The molecule has 1 aliphatic carbocycles. The first-order valence-electron chi connectivity index (χ1n) is 41.8. The van der Waals surface area contributed by atoms with Crippen LogP contribution in [0.1, 0.15) is 83.8 Å². The van der Waals surface area contributed by atoms with Crippen molar-refractivity contribution >= 4 is 108 Å². The van der Waals surface area contributed by atoms with Gasteiger partial charge >= 0.3 is 0 Å². The van der Waals surface area contributed by atoms with Gasteiger partial charge in [-0.1, -0.05) is 260 Å². The fourth-order valence-corrected chi connectivity index (χ4v) is 22.1. The minimum atomic E-state index is -0.769. The van der Waals surface area contributed by atoms with Crippen LogP contribution < -0.4 is 47.3 Å². The number of anilines is 6. The van der Waals surface area contributed by atoms with E-state index in [1.54, 1.807) is 0 Å². The van der Waals surface area contributed by atoms with E-state index in [1.165, 1.54) is 177 Å². The summed E-state index contributed by atoms with van der Waals surface area (Å²) in [4.78, 5) is 5.16. The predicted molar refractivity (Wildman–Crippen MR) is 500 cm³/mol. The molecule has 0 spiro atoms. The van der Waals surface area contributed by atoms with Gasteiger partial charge < -0.3 is 19.1 Å². The first-order valence-corrected chi connectivity index (χ1v) is 41.8. The van der Waals surface area contributed by atoms with Crippen LogP contribution in [0, 0.1) is 69.2 Å². The van der Waals surface area contributed by atoms with Crippen LogP contribution in [-0.4, -0.2) is 18.0 Å². The summed E-state index contributed by atoms with van der Waals surface area (Å²) in [6.07, 6.45) is 7.33. The standard InChI is InChI=1S/C112H87B2N3O/c1-67-28-22-29-68(2)104(67)78-47-52-85(53-48-78)116-99-56-51-81(107-73(7)34-25-35-74(107)8)61-94(99)114-93-66-95-102(65-89(93)109(90-60-82(62-100(116)110(90)114)108-75(9)36-26-37-76(108)10)112(83-40-16-12-17-41-83)57-27-44-91(112)77-38-14-11-15-39-77)118-103-64-86(63-101-111(103)113(95)92-45-20-21-46-98(92)115(101)84-42-18-13-19-43-84)117-96-54-49-79(105-69(3)30-23-31-70(105)4)58-87(96)88-59-80(50-55-97(88)117)106-71(5)32-24-33-72(106)6/h11-66,109H,1-10H3. The summed E-state index contributed by atoms with van der Waals surface area (Å²) in [5, 5.41) is 2.39. The summed E-state index contributed by atoms with van der Waals surface area (Å²) in [7, 11) is 0. The molecule has 0 amide bonds. The third kappa shape index (κ3) is 10.7. The molecule has 1 aromatic heterocycles. The van der Waals surface area contributed by atoms with E-state index in [4.69, 9.17) is 4.74 Å². The molecule has 5 aliphatic rings. The van der Waals surface area contributed by atoms with Gasteiger partial charge in [-0.3, -0.25) is 0 Å². The Kier molecular flexibility index (Phi) is 16.4. The van der Waals surface area contributed by atoms with Gasteiger partial charge in [-0.25, -0.2) is 0 Å². The molecule has 2 unspecified atom stereocenters. The van der Waals surface area contributed by atoms with Gasteiger partial charge in [0.1, 0.15) is 11.5 Å². The van der Waals surface area contributed by atoms with Gasteiger partial charge in [0, 0.05) is 62.3 Å². The smallest absolute Gasteiger partial charge is 0.256 e. The number of allylic oxidation sites excluding steroid dienone is 4.